The van der Waals surface area contributed by atoms with Crippen molar-refractivity contribution in [2.75, 3.05) is 0 Å². The van der Waals surface area contributed by atoms with Gasteiger partial charge in [0.1, 0.15) is 0 Å². The lowest BCUT2D eigenvalue weighted by atomic mass is 10.1. The summed E-state index contributed by atoms with van der Waals surface area (Å²) in [4.78, 5) is 2.66. The van der Waals surface area contributed by atoms with Gasteiger partial charge in [-0.2, -0.15) is 0 Å². The molecule has 1 aromatic carbocycles. The molecule has 0 amide bonds. The minimum absolute atomic E-state index is 0.716. The van der Waals surface area contributed by atoms with Crippen molar-refractivity contribution in [3.63, 3.8) is 0 Å². The van der Waals surface area contributed by atoms with Crippen molar-refractivity contribution in [1.82, 2.24) is 5.32 Å². The van der Waals surface area contributed by atoms with Crippen molar-refractivity contribution < 1.29 is 0 Å². The minimum Gasteiger partial charge on any atom is -0.310 e. The number of rotatable bonds is 4. The molecule has 2 aromatic rings. The Hall–Kier alpha value is -0.830. The third-order valence-electron chi connectivity index (χ3n) is 3.23. The number of aryl methyl sites for hydroxylation is 1. The van der Waals surface area contributed by atoms with Crippen molar-refractivity contribution in [1.29, 1.82) is 0 Å². The summed E-state index contributed by atoms with van der Waals surface area (Å²) in [5, 5.41) is 4.38. The molecule has 0 bridgehead atoms. The van der Waals surface area contributed by atoms with Crippen LogP contribution in [0.2, 0.25) is 5.02 Å². The van der Waals surface area contributed by atoms with E-state index in [2.05, 4.69) is 36.5 Å². The average Bonchev–Trinajstić information content (AvgIpc) is 3.09. The molecule has 1 aromatic heterocycles. The molecule has 18 heavy (non-hydrogen) atoms. The van der Waals surface area contributed by atoms with Crippen LogP contribution >= 0.6 is 22.9 Å². The van der Waals surface area contributed by atoms with Crippen LogP contribution in [0.1, 0.15) is 23.3 Å². The van der Waals surface area contributed by atoms with Crippen LogP contribution in [-0.4, -0.2) is 6.04 Å². The Morgan fingerprint density at radius 3 is 2.78 bits per heavy atom. The van der Waals surface area contributed by atoms with E-state index < -0.39 is 0 Å². The number of hydrogen-bond acceptors (Lipinski definition) is 2. The molecule has 0 spiro atoms. The molecule has 1 nitrogen and oxygen atoms in total. The fraction of sp³-hybridized carbons (Fsp3) is 0.333. The summed E-state index contributed by atoms with van der Waals surface area (Å²) < 4.78 is 0. The molecule has 1 fully saturated rings. The van der Waals surface area contributed by atoms with Gasteiger partial charge in [-0.3, -0.25) is 0 Å². The third-order valence-corrected chi connectivity index (χ3v) is 4.65. The van der Waals surface area contributed by atoms with Crippen molar-refractivity contribution in [2.24, 2.45) is 0 Å². The van der Waals surface area contributed by atoms with E-state index in [4.69, 9.17) is 11.6 Å². The summed E-state index contributed by atoms with van der Waals surface area (Å²) in [5.41, 5.74) is 2.47. The lowest BCUT2D eigenvalue weighted by molar-refractivity contribution is 0.688. The van der Waals surface area contributed by atoms with Crippen LogP contribution in [0.15, 0.2) is 30.3 Å². The molecule has 1 aliphatic rings. The van der Waals surface area contributed by atoms with Crippen molar-refractivity contribution in [2.45, 2.75) is 32.4 Å². The number of halogens is 1. The molecular weight excluding hydrogens is 262 g/mol. The Kier molecular flexibility index (Phi) is 3.42. The van der Waals surface area contributed by atoms with E-state index in [0.29, 0.717) is 6.04 Å². The summed E-state index contributed by atoms with van der Waals surface area (Å²) in [6.45, 7) is 3.02. The number of hydrogen-bond donors (Lipinski definition) is 1. The predicted octanol–water partition coefficient (Wildman–Crippen LogP) is 4.63. The third kappa shape index (κ3) is 2.77. The topological polar surface area (TPSA) is 12.0 Å². The zero-order valence-corrected chi connectivity index (χ0v) is 11.9. The van der Waals surface area contributed by atoms with Gasteiger partial charge in [0.25, 0.3) is 0 Å². The van der Waals surface area contributed by atoms with Gasteiger partial charge in [-0.05, 0) is 55.2 Å². The van der Waals surface area contributed by atoms with Gasteiger partial charge in [0.15, 0.2) is 0 Å². The number of benzene rings is 1. The molecule has 94 valence electrons. The van der Waals surface area contributed by atoms with Gasteiger partial charge in [0, 0.05) is 27.4 Å². The molecule has 3 rings (SSSR count). The molecule has 0 aliphatic heterocycles. The predicted molar refractivity (Wildman–Crippen MR) is 79.4 cm³/mol. The Balaban J connectivity index is 1.84. The molecule has 0 radical (unpaired) electrons. The SMILES string of the molecule is Cc1ccc(-c2ccc(Cl)c(CNC3CC3)c2)s1. The number of nitrogens with one attached hydrogen (secondary N) is 1. The first kappa shape index (κ1) is 12.2. The standard InChI is InChI=1S/C15H16ClNS/c1-10-2-7-15(18-10)11-3-6-14(16)12(8-11)9-17-13-4-5-13/h2-3,6-8,13,17H,4-5,9H2,1H3. The van der Waals surface area contributed by atoms with E-state index in [1.54, 1.807) is 0 Å². The Bertz CT molecular complexity index is 557. The molecule has 1 saturated carbocycles. The van der Waals surface area contributed by atoms with Crippen LogP contribution in [0.4, 0.5) is 0 Å². The first-order valence-corrected chi connectivity index (χ1v) is 7.50. The summed E-state index contributed by atoms with van der Waals surface area (Å²) in [6, 6.07) is 11.4. The van der Waals surface area contributed by atoms with Crippen molar-refractivity contribution in [3.8, 4) is 10.4 Å². The fourth-order valence-electron chi connectivity index (χ4n) is 1.99. The van der Waals surface area contributed by atoms with Crippen molar-refractivity contribution in [3.05, 3.63) is 45.8 Å². The van der Waals surface area contributed by atoms with Gasteiger partial charge >= 0.3 is 0 Å². The van der Waals surface area contributed by atoms with Crippen LogP contribution in [0, 0.1) is 6.92 Å². The second-order valence-corrected chi connectivity index (χ2v) is 6.57. The van der Waals surface area contributed by atoms with E-state index in [1.807, 2.05) is 17.4 Å². The Morgan fingerprint density at radius 1 is 1.28 bits per heavy atom. The molecule has 0 atom stereocenters. The lowest BCUT2D eigenvalue weighted by Crippen LogP contribution is -2.15. The Morgan fingerprint density at radius 2 is 2.11 bits per heavy atom. The highest BCUT2D eigenvalue weighted by molar-refractivity contribution is 7.15. The molecular formula is C15H16ClNS. The summed E-state index contributed by atoms with van der Waals surface area (Å²) in [6.07, 6.45) is 2.61. The van der Waals surface area contributed by atoms with Crippen LogP contribution in [0.5, 0.6) is 0 Å². The first-order valence-electron chi connectivity index (χ1n) is 6.31. The van der Waals surface area contributed by atoms with Gasteiger partial charge in [0.2, 0.25) is 0 Å². The van der Waals surface area contributed by atoms with Crippen LogP contribution < -0.4 is 5.32 Å². The van der Waals surface area contributed by atoms with E-state index in [1.165, 1.54) is 33.7 Å². The largest absolute Gasteiger partial charge is 0.310 e. The molecule has 1 N–H and O–H groups in total. The Labute approximate surface area is 117 Å². The molecule has 0 saturated heterocycles. The zero-order chi connectivity index (χ0) is 12.5. The molecule has 1 heterocycles. The maximum Gasteiger partial charge on any atom is 0.0451 e. The summed E-state index contributed by atoms with van der Waals surface area (Å²) >= 11 is 8.08. The lowest BCUT2D eigenvalue weighted by Gasteiger charge is -2.07. The quantitative estimate of drug-likeness (QED) is 0.859. The van der Waals surface area contributed by atoms with Crippen LogP contribution in [0.3, 0.4) is 0 Å². The second-order valence-electron chi connectivity index (χ2n) is 4.87. The summed E-state index contributed by atoms with van der Waals surface area (Å²) in [5.74, 6) is 0. The van der Waals surface area contributed by atoms with Gasteiger partial charge < -0.3 is 5.32 Å². The highest BCUT2D eigenvalue weighted by Crippen LogP contribution is 2.31. The maximum atomic E-state index is 6.26. The van der Waals surface area contributed by atoms with Crippen LogP contribution in [0.25, 0.3) is 10.4 Å². The number of thiophene rings is 1. The first-order chi connectivity index (χ1) is 8.72. The van der Waals surface area contributed by atoms with E-state index in [-0.39, 0.29) is 0 Å². The second kappa shape index (κ2) is 5.04. The van der Waals surface area contributed by atoms with Gasteiger partial charge in [-0.1, -0.05) is 17.7 Å². The van der Waals surface area contributed by atoms with E-state index in [0.717, 1.165) is 11.6 Å². The van der Waals surface area contributed by atoms with Crippen LogP contribution in [-0.2, 0) is 6.54 Å². The monoisotopic (exact) mass is 277 g/mol. The smallest absolute Gasteiger partial charge is 0.0451 e. The minimum atomic E-state index is 0.716. The molecule has 3 heteroatoms. The molecule has 1 aliphatic carbocycles. The maximum absolute atomic E-state index is 6.26. The fourth-order valence-corrected chi connectivity index (χ4v) is 3.04. The van der Waals surface area contributed by atoms with E-state index in [9.17, 15) is 0 Å². The average molecular weight is 278 g/mol. The van der Waals surface area contributed by atoms with Gasteiger partial charge in [0.05, 0.1) is 0 Å². The zero-order valence-electron chi connectivity index (χ0n) is 10.4. The molecule has 0 unspecified atom stereocenters. The van der Waals surface area contributed by atoms with Gasteiger partial charge in [-0.25, -0.2) is 0 Å². The highest BCUT2D eigenvalue weighted by atomic mass is 35.5. The van der Waals surface area contributed by atoms with Crippen molar-refractivity contribution >= 4 is 22.9 Å². The summed E-state index contributed by atoms with van der Waals surface area (Å²) in [7, 11) is 0. The van der Waals surface area contributed by atoms with E-state index >= 15 is 0 Å². The normalized spacial score (nSPS) is 15.0. The van der Waals surface area contributed by atoms with Gasteiger partial charge in [-0.15, -0.1) is 11.3 Å². The highest BCUT2D eigenvalue weighted by Gasteiger charge is 2.20.